The Morgan fingerprint density at radius 2 is 1.85 bits per heavy atom. The minimum absolute atomic E-state index is 0.102. The number of aryl methyl sites for hydroxylation is 2. The average Bonchev–Trinajstić information content (AvgIpc) is 2.96. The number of halogens is 2. The maximum absolute atomic E-state index is 14.3. The van der Waals surface area contributed by atoms with Gasteiger partial charge in [-0.25, -0.2) is 23.7 Å². The second-order valence-corrected chi connectivity index (χ2v) is 6.22. The van der Waals surface area contributed by atoms with Crippen LogP contribution in [-0.2, 0) is 6.54 Å². The Labute approximate surface area is 153 Å². The van der Waals surface area contributed by atoms with Crippen LogP contribution in [0, 0.1) is 25.5 Å². The quantitative estimate of drug-likeness (QED) is 0.599. The van der Waals surface area contributed by atoms with Crippen LogP contribution < -0.4 is 0 Å². The average molecular weight is 367 g/mol. The Morgan fingerprint density at radius 3 is 2.59 bits per heavy atom. The van der Waals surface area contributed by atoms with E-state index in [2.05, 4.69) is 19.9 Å². The summed E-state index contributed by atoms with van der Waals surface area (Å²) >= 11 is 0. The highest BCUT2D eigenvalue weighted by atomic mass is 19.1. The molecule has 0 aliphatic heterocycles. The van der Waals surface area contributed by atoms with Gasteiger partial charge in [0.1, 0.15) is 34.5 Å². The van der Waals surface area contributed by atoms with Crippen LogP contribution >= 0.6 is 0 Å². The SMILES string of the molecule is Cc1nc(C)c2nc(-c3cncc(F)c3)n(Cc3ccc(O)cc3F)c2n1. The fourth-order valence-electron chi connectivity index (χ4n) is 3.01. The van der Waals surface area contributed by atoms with E-state index in [0.717, 1.165) is 12.3 Å². The first-order valence-electron chi connectivity index (χ1n) is 8.22. The number of nitrogens with zero attached hydrogens (tertiary/aromatic N) is 5. The van der Waals surface area contributed by atoms with Gasteiger partial charge < -0.3 is 9.67 Å². The summed E-state index contributed by atoms with van der Waals surface area (Å²) in [4.78, 5) is 17.2. The molecule has 3 heterocycles. The van der Waals surface area contributed by atoms with Gasteiger partial charge in [-0.05, 0) is 26.0 Å². The maximum Gasteiger partial charge on any atom is 0.164 e. The summed E-state index contributed by atoms with van der Waals surface area (Å²) in [5, 5.41) is 9.44. The lowest BCUT2D eigenvalue weighted by Gasteiger charge is -2.10. The molecule has 6 nitrogen and oxygen atoms in total. The molecule has 0 bridgehead atoms. The summed E-state index contributed by atoms with van der Waals surface area (Å²) in [5.41, 5.74) is 2.54. The highest BCUT2D eigenvalue weighted by molar-refractivity contribution is 5.79. The molecular weight excluding hydrogens is 352 g/mol. The van der Waals surface area contributed by atoms with Gasteiger partial charge in [0.2, 0.25) is 0 Å². The Kier molecular flexibility index (Phi) is 4.02. The first-order chi connectivity index (χ1) is 12.9. The predicted molar refractivity (Wildman–Crippen MR) is 95.2 cm³/mol. The van der Waals surface area contributed by atoms with Crippen molar-refractivity contribution in [2.75, 3.05) is 0 Å². The lowest BCUT2D eigenvalue weighted by atomic mass is 10.2. The molecule has 136 valence electrons. The third kappa shape index (κ3) is 3.10. The molecule has 4 aromatic rings. The first-order valence-corrected chi connectivity index (χ1v) is 8.22. The van der Waals surface area contributed by atoms with Crippen LogP contribution in [0.2, 0.25) is 0 Å². The molecule has 0 aliphatic carbocycles. The number of pyridine rings is 1. The fourth-order valence-corrected chi connectivity index (χ4v) is 3.01. The molecule has 3 aromatic heterocycles. The Balaban J connectivity index is 1.97. The molecule has 4 rings (SSSR count). The normalized spacial score (nSPS) is 11.3. The molecule has 8 heteroatoms. The molecule has 0 fully saturated rings. The van der Waals surface area contributed by atoms with Crippen molar-refractivity contribution in [3.63, 3.8) is 0 Å². The second-order valence-electron chi connectivity index (χ2n) is 6.22. The lowest BCUT2D eigenvalue weighted by Crippen LogP contribution is -2.06. The van der Waals surface area contributed by atoms with E-state index < -0.39 is 11.6 Å². The number of imidazole rings is 1. The Hall–Kier alpha value is -3.42. The molecule has 27 heavy (non-hydrogen) atoms. The molecule has 0 unspecified atom stereocenters. The fraction of sp³-hybridized carbons (Fsp3) is 0.158. The molecule has 1 N–H and O–H groups in total. The summed E-state index contributed by atoms with van der Waals surface area (Å²) in [6.45, 7) is 3.67. The van der Waals surface area contributed by atoms with Crippen LogP contribution in [0.1, 0.15) is 17.1 Å². The van der Waals surface area contributed by atoms with Gasteiger partial charge in [0.25, 0.3) is 0 Å². The van der Waals surface area contributed by atoms with Crippen LogP contribution in [0.4, 0.5) is 8.78 Å². The summed E-state index contributed by atoms with van der Waals surface area (Å²) < 4.78 is 29.7. The van der Waals surface area contributed by atoms with Gasteiger partial charge in [-0.2, -0.15) is 0 Å². The molecule has 1 aromatic carbocycles. The van der Waals surface area contributed by atoms with Crippen molar-refractivity contribution in [2.24, 2.45) is 0 Å². The van der Waals surface area contributed by atoms with Gasteiger partial charge in [-0.1, -0.05) is 6.07 Å². The van der Waals surface area contributed by atoms with Gasteiger partial charge >= 0.3 is 0 Å². The van der Waals surface area contributed by atoms with Gasteiger partial charge in [-0.15, -0.1) is 0 Å². The van der Waals surface area contributed by atoms with E-state index in [-0.39, 0.29) is 12.3 Å². The number of benzene rings is 1. The van der Waals surface area contributed by atoms with E-state index in [1.807, 2.05) is 6.92 Å². The number of aromatic nitrogens is 5. The van der Waals surface area contributed by atoms with E-state index >= 15 is 0 Å². The molecule has 0 saturated carbocycles. The number of fused-ring (bicyclic) bond motifs is 1. The molecule has 0 spiro atoms. The number of aromatic hydroxyl groups is 1. The van der Waals surface area contributed by atoms with E-state index in [0.29, 0.717) is 39.6 Å². The van der Waals surface area contributed by atoms with Gasteiger partial charge in [0, 0.05) is 23.4 Å². The maximum atomic E-state index is 14.3. The number of phenolic OH excluding ortho intramolecular Hbond substituents is 1. The van der Waals surface area contributed by atoms with E-state index in [1.165, 1.54) is 24.4 Å². The molecular formula is C19H15F2N5O. The molecule has 0 radical (unpaired) electrons. The highest BCUT2D eigenvalue weighted by Gasteiger charge is 2.19. The number of rotatable bonds is 3. The van der Waals surface area contributed by atoms with Gasteiger partial charge in [-0.3, -0.25) is 4.98 Å². The number of hydrogen-bond donors (Lipinski definition) is 1. The van der Waals surface area contributed by atoms with E-state index in [9.17, 15) is 13.9 Å². The minimum Gasteiger partial charge on any atom is -0.508 e. The largest absolute Gasteiger partial charge is 0.508 e. The van der Waals surface area contributed by atoms with Crippen LogP contribution in [-0.4, -0.2) is 29.6 Å². The zero-order valence-electron chi connectivity index (χ0n) is 14.6. The van der Waals surface area contributed by atoms with Crippen molar-refractivity contribution in [1.82, 2.24) is 24.5 Å². The van der Waals surface area contributed by atoms with Crippen molar-refractivity contribution in [3.8, 4) is 17.1 Å². The zero-order chi connectivity index (χ0) is 19.1. The molecule has 0 amide bonds. The topological polar surface area (TPSA) is 76.7 Å². The van der Waals surface area contributed by atoms with E-state index in [1.54, 1.807) is 11.5 Å². The van der Waals surface area contributed by atoms with Crippen molar-refractivity contribution < 1.29 is 13.9 Å². The molecule has 0 saturated heterocycles. The third-order valence-corrected chi connectivity index (χ3v) is 4.21. The Bertz CT molecular complexity index is 1170. The minimum atomic E-state index is -0.553. The summed E-state index contributed by atoms with van der Waals surface area (Å²) in [6, 6.07) is 5.26. The van der Waals surface area contributed by atoms with Gasteiger partial charge in [0.15, 0.2) is 5.65 Å². The van der Waals surface area contributed by atoms with E-state index in [4.69, 9.17) is 0 Å². The summed E-state index contributed by atoms with van der Waals surface area (Å²) in [5.74, 6) is -0.248. The first kappa shape index (κ1) is 17.0. The van der Waals surface area contributed by atoms with Crippen LogP contribution in [0.15, 0.2) is 36.7 Å². The summed E-state index contributed by atoms with van der Waals surface area (Å²) in [6.07, 6.45) is 2.59. The second kappa shape index (κ2) is 6.39. The summed E-state index contributed by atoms with van der Waals surface area (Å²) in [7, 11) is 0. The van der Waals surface area contributed by atoms with Crippen molar-refractivity contribution in [2.45, 2.75) is 20.4 Å². The standard InChI is InChI=1S/C19H15F2N5O/c1-10-17-19(24-11(2)23-10)26(9-12-3-4-15(27)6-16(12)21)18(25-17)13-5-14(20)8-22-7-13/h3-8,27H,9H2,1-2H3. The van der Waals surface area contributed by atoms with Crippen molar-refractivity contribution in [1.29, 1.82) is 0 Å². The number of hydrogen-bond acceptors (Lipinski definition) is 5. The van der Waals surface area contributed by atoms with Crippen LogP contribution in [0.3, 0.4) is 0 Å². The highest BCUT2D eigenvalue weighted by Crippen LogP contribution is 2.27. The van der Waals surface area contributed by atoms with Crippen LogP contribution in [0.5, 0.6) is 5.75 Å². The molecule has 0 aliphatic rings. The Morgan fingerprint density at radius 1 is 1.04 bits per heavy atom. The number of phenols is 1. The van der Waals surface area contributed by atoms with Gasteiger partial charge in [0.05, 0.1) is 18.4 Å². The van der Waals surface area contributed by atoms with Crippen molar-refractivity contribution in [3.05, 3.63) is 65.4 Å². The third-order valence-electron chi connectivity index (χ3n) is 4.21. The van der Waals surface area contributed by atoms with Crippen molar-refractivity contribution >= 4 is 11.2 Å². The van der Waals surface area contributed by atoms with Crippen LogP contribution in [0.25, 0.3) is 22.6 Å². The predicted octanol–water partition coefficient (Wildman–Crippen LogP) is 3.54. The zero-order valence-corrected chi connectivity index (χ0v) is 14.6. The monoisotopic (exact) mass is 367 g/mol. The molecule has 0 atom stereocenters. The lowest BCUT2D eigenvalue weighted by molar-refractivity contribution is 0.467. The smallest absolute Gasteiger partial charge is 0.164 e.